The summed E-state index contributed by atoms with van der Waals surface area (Å²) in [7, 11) is 1.33. The first kappa shape index (κ1) is 23.8. The number of nitrogens with two attached hydrogens (primary N) is 1. The third-order valence-corrected chi connectivity index (χ3v) is 6.15. The Kier molecular flexibility index (Phi) is 5.89. The molecule has 1 aliphatic carbocycles. The fourth-order valence-electron chi connectivity index (χ4n) is 4.44. The number of aliphatic hydroxyl groups excluding tert-OH is 1. The van der Waals surface area contributed by atoms with Gasteiger partial charge < -0.3 is 25.3 Å². The molecule has 0 bridgehead atoms. The van der Waals surface area contributed by atoms with Gasteiger partial charge in [-0.1, -0.05) is 24.3 Å². The Bertz CT molecular complexity index is 1470. The highest BCUT2D eigenvalue weighted by molar-refractivity contribution is 5.98. The van der Waals surface area contributed by atoms with Gasteiger partial charge in [-0.15, -0.1) is 0 Å². The predicted molar refractivity (Wildman–Crippen MR) is 123 cm³/mol. The van der Waals surface area contributed by atoms with Crippen molar-refractivity contribution in [3.05, 3.63) is 76.8 Å². The van der Waals surface area contributed by atoms with Crippen LogP contribution in [0.1, 0.15) is 39.1 Å². The molecule has 4 N–H and O–H groups in total. The molecule has 0 aliphatic heterocycles. The summed E-state index contributed by atoms with van der Waals surface area (Å²) in [6.45, 7) is -0.149. The number of nitrogens with one attached hydrogen (secondary N) is 1. The zero-order chi connectivity index (χ0) is 25.6. The van der Waals surface area contributed by atoms with Gasteiger partial charge >= 0.3 is 6.18 Å². The number of rotatable bonds is 5. The second kappa shape index (κ2) is 8.92. The molecular weight excluding hydrogens is 477 g/mol. The van der Waals surface area contributed by atoms with Crippen LogP contribution in [0.4, 0.5) is 13.2 Å². The van der Waals surface area contributed by atoms with Crippen LogP contribution in [0.25, 0.3) is 22.4 Å². The summed E-state index contributed by atoms with van der Waals surface area (Å²) in [5.41, 5.74) is 6.67. The molecule has 0 saturated carbocycles. The molecule has 0 spiro atoms. The van der Waals surface area contributed by atoms with Gasteiger partial charge in [-0.2, -0.15) is 13.2 Å². The number of benzene rings is 2. The van der Waals surface area contributed by atoms with E-state index in [1.165, 1.54) is 19.2 Å². The maximum absolute atomic E-state index is 13.2. The van der Waals surface area contributed by atoms with E-state index in [1.54, 1.807) is 6.07 Å². The molecule has 186 valence electrons. The molecule has 2 aromatic carbocycles. The number of aliphatic hydroxyl groups is 1. The number of ether oxygens (including phenoxy) is 1. The number of nitrogens with zero attached hydrogens (tertiary/aromatic N) is 2. The van der Waals surface area contributed by atoms with E-state index in [-0.39, 0.29) is 35.2 Å². The van der Waals surface area contributed by atoms with Crippen LogP contribution in [-0.2, 0) is 19.1 Å². The Morgan fingerprint density at radius 2 is 1.97 bits per heavy atom. The number of alkyl halides is 3. The molecule has 4 aromatic rings. The summed E-state index contributed by atoms with van der Waals surface area (Å²) in [4.78, 5) is 21.2. The van der Waals surface area contributed by atoms with Crippen LogP contribution in [0.15, 0.2) is 52.9 Å². The average Bonchev–Trinajstić information content (AvgIpc) is 3.43. The second-order valence-electron chi connectivity index (χ2n) is 8.32. The Morgan fingerprint density at radius 3 is 2.69 bits per heavy atom. The number of fused-ring (bicyclic) bond motifs is 2. The number of pyridine rings is 1. The van der Waals surface area contributed by atoms with Crippen molar-refractivity contribution in [2.75, 3.05) is 7.11 Å². The van der Waals surface area contributed by atoms with E-state index >= 15 is 0 Å². The van der Waals surface area contributed by atoms with Crippen molar-refractivity contribution in [1.29, 1.82) is 0 Å². The number of amides is 1. The summed E-state index contributed by atoms with van der Waals surface area (Å²) >= 11 is 0. The largest absolute Gasteiger partial charge is 0.494 e. The van der Waals surface area contributed by atoms with E-state index < -0.39 is 29.9 Å². The maximum atomic E-state index is 13.2. The molecule has 8 nitrogen and oxygen atoms in total. The number of halogens is 3. The molecule has 2 aromatic heterocycles. The molecule has 0 unspecified atom stereocenters. The van der Waals surface area contributed by atoms with Crippen molar-refractivity contribution >= 4 is 16.8 Å². The van der Waals surface area contributed by atoms with Crippen LogP contribution in [-0.4, -0.2) is 34.2 Å². The van der Waals surface area contributed by atoms with Gasteiger partial charge in [-0.3, -0.25) is 4.79 Å². The fraction of sp³-hybridized carbons (Fsp3) is 0.240. The van der Waals surface area contributed by atoms with Crippen molar-refractivity contribution in [2.45, 2.75) is 31.3 Å². The fourth-order valence-corrected chi connectivity index (χ4v) is 4.44. The first-order valence-corrected chi connectivity index (χ1v) is 11.0. The number of carbonyl (C=O) groups is 1. The highest BCUT2D eigenvalue weighted by Crippen LogP contribution is 2.37. The van der Waals surface area contributed by atoms with E-state index in [2.05, 4.69) is 15.3 Å². The van der Waals surface area contributed by atoms with E-state index in [9.17, 15) is 23.1 Å². The van der Waals surface area contributed by atoms with Crippen LogP contribution in [0.5, 0.6) is 5.75 Å². The van der Waals surface area contributed by atoms with Crippen LogP contribution in [0.2, 0.25) is 0 Å². The number of hydrogen-bond acceptors (Lipinski definition) is 7. The van der Waals surface area contributed by atoms with Crippen LogP contribution < -0.4 is 15.8 Å². The topological polar surface area (TPSA) is 124 Å². The lowest BCUT2D eigenvalue weighted by Crippen LogP contribution is -2.34. The first-order valence-electron chi connectivity index (χ1n) is 11.0. The standard InChI is InChI=1S/C25H21F3N4O4/c1-35-17-8-6-15(14-7-9-19(25(26,27)28)30-21(14)17)24-32-22(18(11-29)36-24)23(34)31-20-13-5-3-2-4-12(13)10-16(20)33/h2-9,16,20,33H,10-11,29H2,1H3,(H,31,34)/t16-,20+/m0/s1. The zero-order valence-corrected chi connectivity index (χ0v) is 19.0. The molecule has 36 heavy (non-hydrogen) atoms. The lowest BCUT2D eigenvalue weighted by Gasteiger charge is -2.17. The number of oxazole rings is 1. The van der Waals surface area contributed by atoms with Gasteiger partial charge in [0, 0.05) is 17.4 Å². The Morgan fingerprint density at radius 1 is 1.19 bits per heavy atom. The normalized spacial score (nSPS) is 17.3. The van der Waals surface area contributed by atoms with Crippen LogP contribution in [0.3, 0.4) is 0 Å². The van der Waals surface area contributed by atoms with Gasteiger partial charge in [0.1, 0.15) is 17.0 Å². The molecule has 5 rings (SSSR count). The predicted octanol–water partition coefficient (Wildman–Crippen LogP) is 3.76. The zero-order valence-electron chi connectivity index (χ0n) is 19.0. The summed E-state index contributed by atoms with van der Waals surface area (Å²) in [6.07, 6.45) is -5.04. The minimum atomic E-state index is -4.64. The minimum absolute atomic E-state index is 0.0119. The molecule has 1 aliphatic rings. The van der Waals surface area contributed by atoms with E-state index in [1.807, 2.05) is 24.3 Å². The third-order valence-electron chi connectivity index (χ3n) is 6.15. The smallest absolute Gasteiger partial charge is 0.433 e. The van der Waals surface area contributed by atoms with Gasteiger partial charge in [0.15, 0.2) is 11.5 Å². The Labute approximate surface area is 202 Å². The Balaban J connectivity index is 1.53. The number of methoxy groups -OCH3 is 1. The highest BCUT2D eigenvalue weighted by Gasteiger charge is 2.35. The molecular formula is C25H21F3N4O4. The van der Waals surface area contributed by atoms with Gasteiger partial charge in [0.2, 0.25) is 5.89 Å². The van der Waals surface area contributed by atoms with Crippen molar-refractivity contribution in [2.24, 2.45) is 5.73 Å². The lowest BCUT2D eigenvalue weighted by atomic mass is 10.1. The van der Waals surface area contributed by atoms with E-state index in [4.69, 9.17) is 14.9 Å². The summed E-state index contributed by atoms with van der Waals surface area (Å²) in [5.74, 6) is -0.381. The SMILES string of the molecule is COc1ccc(-c2nc(C(=O)N[C@@H]3c4ccccc4C[C@@H]3O)c(CN)o2)c2ccc(C(F)(F)F)nc12. The van der Waals surface area contributed by atoms with Crippen molar-refractivity contribution in [1.82, 2.24) is 15.3 Å². The molecule has 0 fully saturated rings. The van der Waals surface area contributed by atoms with Crippen molar-refractivity contribution in [3.8, 4) is 17.2 Å². The van der Waals surface area contributed by atoms with Gasteiger partial charge in [-0.25, -0.2) is 9.97 Å². The summed E-state index contributed by atoms with van der Waals surface area (Å²) in [5, 5.41) is 13.6. The second-order valence-corrected chi connectivity index (χ2v) is 8.32. The Hall–Kier alpha value is -3.96. The van der Waals surface area contributed by atoms with Crippen molar-refractivity contribution < 1.29 is 32.2 Å². The monoisotopic (exact) mass is 498 g/mol. The average molecular weight is 498 g/mol. The number of hydrogen-bond donors (Lipinski definition) is 3. The molecule has 11 heteroatoms. The van der Waals surface area contributed by atoms with Crippen molar-refractivity contribution in [3.63, 3.8) is 0 Å². The van der Waals surface area contributed by atoms with Gasteiger partial charge in [0.25, 0.3) is 5.91 Å². The quantitative estimate of drug-likeness (QED) is 0.383. The highest BCUT2D eigenvalue weighted by atomic mass is 19.4. The molecule has 0 saturated heterocycles. The van der Waals surface area contributed by atoms with Gasteiger partial charge in [-0.05, 0) is 35.4 Å². The first-order chi connectivity index (χ1) is 17.2. The molecule has 2 atom stereocenters. The lowest BCUT2D eigenvalue weighted by molar-refractivity contribution is -0.140. The summed E-state index contributed by atoms with van der Waals surface area (Å²) < 4.78 is 50.7. The number of carbonyl (C=O) groups excluding carboxylic acids is 1. The third kappa shape index (κ3) is 4.06. The molecule has 0 radical (unpaired) electrons. The summed E-state index contributed by atoms with van der Waals surface area (Å²) in [6, 6.07) is 11.9. The minimum Gasteiger partial charge on any atom is -0.494 e. The van der Waals surface area contributed by atoms with E-state index in [0.29, 0.717) is 17.4 Å². The number of aromatic nitrogens is 2. The van der Waals surface area contributed by atoms with Crippen LogP contribution in [0, 0.1) is 0 Å². The maximum Gasteiger partial charge on any atom is 0.433 e. The molecule has 1 amide bonds. The van der Waals surface area contributed by atoms with Crippen LogP contribution >= 0.6 is 0 Å². The van der Waals surface area contributed by atoms with Gasteiger partial charge in [0.05, 0.1) is 25.8 Å². The molecule has 2 heterocycles. The van der Waals surface area contributed by atoms with E-state index in [0.717, 1.165) is 17.2 Å².